The van der Waals surface area contributed by atoms with Crippen LogP contribution in [-0.2, 0) is 14.8 Å². The number of fused-ring (bicyclic) bond motifs is 5. The molecular formula is C16H26N2O3S. The second-order valence-electron chi connectivity index (χ2n) is 7.63. The van der Waals surface area contributed by atoms with Crippen LogP contribution >= 0.6 is 0 Å². The minimum atomic E-state index is -3.13. The number of carbonyl (C=O) groups excluding carboxylic acids is 1. The number of hydrogen-bond donors (Lipinski definition) is 1. The van der Waals surface area contributed by atoms with Gasteiger partial charge in [0.1, 0.15) is 0 Å². The quantitative estimate of drug-likeness (QED) is 0.844. The van der Waals surface area contributed by atoms with Gasteiger partial charge in [-0.1, -0.05) is 0 Å². The van der Waals surface area contributed by atoms with Gasteiger partial charge in [-0.05, 0) is 62.7 Å². The standard InChI is InChI=1S/C16H26N2O3S/c1-2-22(20,21)17-12-5-7-18(8-6-12)16(19)15-13-10-3-4-11(9-10)14(13)15/h10-15,17H,2-9H2,1H3/t10-,11-,13-,14+,15?/m0/s1. The smallest absolute Gasteiger partial charge is 0.226 e. The third-order valence-corrected chi connectivity index (χ3v) is 8.01. The number of nitrogens with zero attached hydrogens (tertiary/aromatic N) is 1. The maximum atomic E-state index is 12.7. The molecule has 4 aliphatic rings. The number of rotatable bonds is 4. The molecule has 124 valence electrons. The first kappa shape index (κ1) is 14.9. The van der Waals surface area contributed by atoms with Gasteiger partial charge in [-0.15, -0.1) is 0 Å². The summed E-state index contributed by atoms with van der Waals surface area (Å²) < 4.78 is 26.0. The molecule has 5 atom stereocenters. The lowest BCUT2D eigenvalue weighted by Crippen LogP contribution is -2.47. The number of amides is 1. The summed E-state index contributed by atoms with van der Waals surface area (Å²) in [7, 11) is -3.13. The van der Waals surface area contributed by atoms with Crippen LogP contribution in [0.3, 0.4) is 0 Å². The van der Waals surface area contributed by atoms with Crippen LogP contribution in [0, 0.1) is 29.6 Å². The number of likely N-dealkylation sites (tertiary alicyclic amines) is 1. The molecule has 1 unspecified atom stereocenters. The Bertz CT molecular complexity index is 552. The highest BCUT2D eigenvalue weighted by atomic mass is 32.2. The van der Waals surface area contributed by atoms with E-state index in [9.17, 15) is 13.2 Å². The lowest BCUT2D eigenvalue weighted by atomic mass is 10.00. The zero-order valence-electron chi connectivity index (χ0n) is 13.2. The molecule has 1 N–H and O–H groups in total. The van der Waals surface area contributed by atoms with Gasteiger partial charge in [-0.3, -0.25) is 4.79 Å². The molecule has 22 heavy (non-hydrogen) atoms. The van der Waals surface area contributed by atoms with E-state index in [1.165, 1.54) is 19.3 Å². The van der Waals surface area contributed by atoms with Crippen molar-refractivity contribution in [1.82, 2.24) is 9.62 Å². The molecule has 1 saturated heterocycles. The highest BCUT2D eigenvalue weighted by Gasteiger charge is 2.67. The first-order valence-electron chi connectivity index (χ1n) is 8.79. The van der Waals surface area contributed by atoms with Gasteiger partial charge in [0, 0.05) is 25.0 Å². The highest BCUT2D eigenvalue weighted by molar-refractivity contribution is 7.89. The minimum absolute atomic E-state index is 0.00360. The first-order valence-corrected chi connectivity index (χ1v) is 10.4. The Morgan fingerprint density at radius 3 is 2.23 bits per heavy atom. The molecule has 3 saturated carbocycles. The van der Waals surface area contributed by atoms with Crippen LogP contribution < -0.4 is 4.72 Å². The molecule has 6 heteroatoms. The lowest BCUT2D eigenvalue weighted by molar-refractivity contribution is -0.134. The van der Waals surface area contributed by atoms with Crippen molar-refractivity contribution in [3.8, 4) is 0 Å². The maximum absolute atomic E-state index is 12.7. The van der Waals surface area contributed by atoms with Crippen LogP contribution in [0.25, 0.3) is 0 Å². The topological polar surface area (TPSA) is 66.5 Å². The van der Waals surface area contributed by atoms with Gasteiger partial charge >= 0.3 is 0 Å². The van der Waals surface area contributed by atoms with Crippen molar-refractivity contribution in [3.05, 3.63) is 0 Å². The Hall–Kier alpha value is -0.620. The molecule has 2 bridgehead atoms. The van der Waals surface area contributed by atoms with E-state index >= 15 is 0 Å². The lowest BCUT2D eigenvalue weighted by Gasteiger charge is -2.33. The van der Waals surface area contributed by atoms with Crippen molar-refractivity contribution in [2.45, 2.75) is 45.1 Å². The Balaban J connectivity index is 1.30. The average Bonchev–Trinajstić information content (AvgIpc) is 2.94. The van der Waals surface area contributed by atoms with Gasteiger partial charge < -0.3 is 4.90 Å². The summed E-state index contributed by atoms with van der Waals surface area (Å²) >= 11 is 0. The number of sulfonamides is 1. The molecule has 0 aromatic carbocycles. The van der Waals surface area contributed by atoms with Crippen molar-refractivity contribution in [3.63, 3.8) is 0 Å². The van der Waals surface area contributed by atoms with E-state index in [1.807, 2.05) is 4.90 Å². The second-order valence-corrected chi connectivity index (χ2v) is 9.68. The Kier molecular flexibility index (Phi) is 3.53. The molecule has 4 fully saturated rings. The highest BCUT2D eigenvalue weighted by Crippen LogP contribution is 2.69. The molecule has 4 rings (SSSR count). The Labute approximate surface area is 132 Å². The summed E-state index contributed by atoms with van der Waals surface area (Å²) in [5, 5.41) is 0. The van der Waals surface area contributed by atoms with E-state index in [4.69, 9.17) is 0 Å². The van der Waals surface area contributed by atoms with Gasteiger partial charge in [-0.25, -0.2) is 13.1 Å². The van der Waals surface area contributed by atoms with E-state index in [2.05, 4.69) is 4.72 Å². The zero-order chi connectivity index (χ0) is 15.5. The Morgan fingerprint density at radius 1 is 1.09 bits per heavy atom. The first-order chi connectivity index (χ1) is 10.5. The van der Waals surface area contributed by atoms with Crippen LogP contribution in [-0.4, -0.2) is 44.1 Å². The van der Waals surface area contributed by atoms with Crippen molar-refractivity contribution in [2.75, 3.05) is 18.8 Å². The van der Waals surface area contributed by atoms with E-state index < -0.39 is 10.0 Å². The number of nitrogens with one attached hydrogen (secondary N) is 1. The average molecular weight is 326 g/mol. The van der Waals surface area contributed by atoms with E-state index in [0.717, 1.165) is 24.7 Å². The monoisotopic (exact) mass is 326 g/mol. The third kappa shape index (κ3) is 2.39. The summed E-state index contributed by atoms with van der Waals surface area (Å²) in [6.07, 6.45) is 5.56. The molecule has 3 aliphatic carbocycles. The normalized spacial score (nSPS) is 40.8. The maximum Gasteiger partial charge on any atom is 0.226 e. The van der Waals surface area contributed by atoms with Crippen molar-refractivity contribution in [2.24, 2.45) is 29.6 Å². The van der Waals surface area contributed by atoms with E-state index in [0.29, 0.717) is 36.8 Å². The summed E-state index contributed by atoms with van der Waals surface area (Å²) in [4.78, 5) is 14.7. The minimum Gasteiger partial charge on any atom is -0.342 e. The number of carbonyl (C=O) groups is 1. The van der Waals surface area contributed by atoms with Crippen molar-refractivity contribution in [1.29, 1.82) is 0 Å². The second kappa shape index (κ2) is 5.20. The van der Waals surface area contributed by atoms with Gasteiger partial charge in [0.05, 0.1) is 5.75 Å². The van der Waals surface area contributed by atoms with E-state index in [-0.39, 0.29) is 11.8 Å². The van der Waals surface area contributed by atoms with Crippen LogP contribution in [0.15, 0.2) is 0 Å². The molecule has 1 aliphatic heterocycles. The molecular weight excluding hydrogens is 300 g/mol. The van der Waals surface area contributed by atoms with Gasteiger partial charge in [0.15, 0.2) is 0 Å². The summed E-state index contributed by atoms with van der Waals surface area (Å²) in [6, 6.07) is 0.00360. The fourth-order valence-corrected chi connectivity index (χ4v) is 6.33. The summed E-state index contributed by atoms with van der Waals surface area (Å²) in [5.41, 5.74) is 0. The van der Waals surface area contributed by atoms with Crippen LogP contribution in [0.1, 0.15) is 39.0 Å². The van der Waals surface area contributed by atoms with Gasteiger partial charge in [0.2, 0.25) is 15.9 Å². The van der Waals surface area contributed by atoms with Crippen molar-refractivity contribution < 1.29 is 13.2 Å². The van der Waals surface area contributed by atoms with Crippen LogP contribution in [0.5, 0.6) is 0 Å². The zero-order valence-corrected chi connectivity index (χ0v) is 14.0. The molecule has 1 heterocycles. The number of piperidine rings is 1. The molecule has 0 aromatic rings. The summed E-state index contributed by atoms with van der Waals surface area (Å²) in [5.74, 6) is 3.86. The van der Waals surface area contributed by atoms with E-state index in [1.54, 1.807) is 6.92 Å². The van der Waals surface area contributed by atoms with Gasteiger partial charge in [-0.2, -0.15) is 0 Å². The largest absolute Gasteiger partial charge is 0.342 e. The molecule has 0 radical (unpaired) electrons. The molecule has 0 aromatic heterocycles. The number of hydrogen-bond acceptors (Lipinski definition) is 3. The fraction of sp³-hybridized carbons (Fsp3) is 0.938. The fourth-order valence-electron chi connectivity index (χ4n) is 5.42. The SMILES string of the molecule is CCS(=O)(=O)NC1CCN(C(=O)C2[C@@H]3[C@H]4CC[C@@H](C4)[C@H]23)CC1. The van der Waals surface area contributed by atoms with Crippen molar-refractivity contribution >= 4 is 15.9 Å². The summed E-state index contributed by atoms with van der Waals surface area (Å²) in [6.45, 7) is 3.07. The van der Waals surface area contributed by atoms with Crippen LogP contribution in [0.4, 0.5) is 0 Å². The predicted molar refractivity (Wildman–Crippen MR) is 83.5 cm³/mol. The van der Waals surface area contributed by atoms with Crippen LogP contribution in [0.2, 0.25) is 0 Å². The molecule has 5 nitrogen and oxygen atoms in total. The molecule has 0 spiro atoms. The predicted octanol–water partition coefficient (Wildman–Crippen LogP) is 1.21. The Morgan fingerprint density at radius 2 is 1.68 bits per heavy atom. The third-order valence-electron chi connectivity index (χ3n) is 6.55. The van der Waals surface area contributed by atoms with Gasteiger partial charge in [0.25, 0.3) is 0 Å². The molecule has 1 amide bonds.